The van der Waals surface area contributed by atoms with Gasteiger partial charge in [0.1, 0.15) is 24.1 Å². The zero-order chi connectivity index (χ0) is 17.6. The molecule has 0 aliphatic carbocycles. The van der Waals surface area contributed by atoms with Gasteiger partial charge in [-0.25, -0.2) is 9.97 Å². The molecule has 0 spiro atoms. The first-order valence-corrected chi connectivity index (χ1v) is 8.63. The standard InChI is InChI=1S/C17H23N7O/c1-11-12(2)21-17-19-10-20-24(17)16(11)23-7-4-5-13(9-23)14(25)15-18-6-8-22(15)3/h6,8,10,13-14,25H,4-5,7,9H2,1-3H3. The molecule has 0 aromatic carbocycles. The summed E-state index contributed by atoms with van der Waals surface area (Å²) in [6, 6.07) is 0. The molecule has 132 valence electrons. The Morgan fingerprint density at radius 3 is 2.88 bits per heavy atom. The molecule has 8 heteroatoms. The van der Waals surface area contributed by atoms with Crippen molar-refractivity contribution in [3.05, 3.63) is 35.8 Å². The van der Waals surface area contributed by atoms with Crippen LogP contribution in [-0.4, -0.2) is 47.3 Å². The summed E-state index contributed by atoms with van der Waals surface area (Å²) in [5.74, 6) is 2.49. The van der Waals surface area contributed by atoms with E-state index in [1.165, 1.54) is 6.33 Å². The van der Waals surface area contributed by atoms with Gasteiger partial charge in [-0.05, 0) is 26.7 Å². The first kappa shape index (κ1) is 16.0. The van der Waals surface area contributed by atoms with Gasteiger partial charge in [-0.1, -0.05) is 0 Å². The van der Waals surface area contributed by atoms with E-state index in [0.29, 0.717) is 5.78 Å². The number of aromatic nitrogens is 6. The third kappa shape index (κ3) is 2.66. The Labute approximate surface area is 146 Å². The average Bonchev–Trinajstić information content (AvgIpc) is 3.24. The SMILES string of the molecule is Cc1nc2ncnn2c(N2CCCC(C(O)c3nccn3C)C2)c1C. The second-order valence-electron chi connectivity index (χ2n) is 6.81. The van der Waals surface area contributed by atoms with E-state index in [1.807, 2.05) is 24.7 Å². The topological polar surface area (TPSA) is 84.4 Å². The minimum absolute atomic E-state index is 0.126. The maximum Gasteiger partial charge on any atom is 0.254 e. The van der Waals surface area contributed by atoms with Crippen LogP contribution in [0, 0.1) is 19.8 Å². The maximum atomic E-state index is 10.8. The van der Waals surface area contributed by atoms with E-state index < -0.39 is 6.10 Å². The zero-order valence-electron chi connectivity index (χ0n) is 14.8. The molecule has 0 bridgehead atoms. The van der Waals surface area contributed by atoms with Gasteiger partial charge in [0, 0.05) is 49.7 Å². The first-order valence-electron chi connectivity index (χ1n) is 8.63. The lowest BCUT2D eigenvalue weighted by Gasteiger charge is -2.37. The summed E-state index contributed by atoms with van der Waals surface area (Å²) in [6.07, 6.45) is 6.56. The first-order chi connectivity index (χ1) is 12.1. The van der Waals surface area contributed by atoms with E-state index in [4.69, 9.17) is 0 Å². The van der Waals surface area contributed by atoms with Crippen LogP contribution in [0.25, 0.3) is 5.78 Å². The van der Waals surface area contributed by atoms with Crippen LogP contribution in [0.3, 0.4) is 0 Å². The summed E-state index contributed by atoms with van der Waals surface area (Å²) in [4.78, 5) is 15.3. The van der Waals surface area contributed by atoms with E-state index in [0.717, 1.165) is 48.8 Å². The van der Waals surface area contributed by atoms with Crippen molar-refractivity contribution in [1.29, 1.82) is 0 Å². The highest BCUT2D eigenvalue weighted by atomic mass is 16.3. The molecule has 2 atom stereocenters. The largest absolute Gasteiger partial charge is 0.385 e. The van der Waals surface area contributed by atoms with Gasteiger partial charge in [-0.2, -0.15) is 14.6 Å². The monoisotopic (exact) mass is 341 g/mol. The molecule has 4 heterocycles. The van der Waals surface area contributed by atoms with Crippen LogP contribution in [0.1, 0.15) is 36.0 Å². The summed E-state index contributed by atoms with van der Waals surface area (Å²) in [6.45, 7) is 5.76. The Morgan fingerprint density at radius 2 is 2.12 bits per heavy atom. The summed E-state index contributed by atoms with van der Waals surface area (Å²) in [7, 11) is 1.92. The Balaban J connectivity index is 1.67. The van der Waals surface area contributed by atoms with E-state index in [-0.39, 0.29) is 5.92 Å². The Kier molecular flexibility index (Phi) is 3.91. The van der Waals surface area contributed by atoms with Crippen molar-refractivity contribution in [1.82, 2.24) is 29.1 Å². The van der Waals surface area contributed by atoms with Gasteiger partial charge in [0.15, 0.2) is 0 Å². The molecule has 8 nitrogen and oxygen atoms in total. The molecule has 1 N–H and O–H groups in total. The second kappa shape index (κ2) is 6.11. The number of aryl methyl sites for hydroxylation is 2. The Bertz CT molecular complexity index is 900. The molecule has 4 rings (SSSR count). The highest BCUT2D eigenvalue weighted by molar-refractivity contribution is 5.54. The predicted octanol–water partition coefficient (Wildman–Crippen LogP) is 1.42. The lowest BCUT2D eigenvalue weighted by Crippen LogP contribution is -2.40. The smallest absolute Gasteiger partial charge is 0.254 e. The van der Waals surface area contributed by atoms with Crippen molar-refractivity contribution in [2.24, 2.45) is 13.0 Å². The number of hydrogen-bond acceptors (Lipinski definition) is 6. The van der Waals surface area contributed by atoms with Gasteiger partial charge in [0.25, 0.3) is 5.78 Å². The molecule has 2 unspecified atom stereocenters. The van der Waals surface area contributed by atoms with Gasteiger partial charge < -0.3 is 14.6 Å². The third-order valence-corrected chi connectivity index (χ3v) is 5.20. The molecule has 1 saturated heterocycles. The quantitative estimate of drug-likeness (QED) is 0.776. The molecule has 1 fully saturated rings. The van der Waals surface area contributed by atoms with Gasteiger partial charge in [-0.3, -0.25) is 0 Å². The normalized spacial score (nSPS) is 19.5. The molecule has 3 aromatic rings. The van der Waals surface area contributed by atoms with E-state index in [1.54, 1.807) is 10.7 Å². The number of aliphatic hydroxyl groups is 1. The number of anilines is 1. The van der Waals surface area contributed by atoms with Crippen LogP contribution < -0.4 is 4.90 Å². The summed E-state index contributed by atoms with van der Waals surface area (Å²) >= 11 is 0. The number of piperidine rings is 1. The van der Waals surface area contributed by atoms with E-state index in [2.05, 4.69) is 31.9 Å². The summed E-state index contributed by atoms with van der Waals surface area (Å²) in [5, 5.41) is 15.2. The van der Waals surface area contributed by atoms with Crippen molar-refractivity contribution < 1.29 is 5.11 Å². The van der Waals surface area contributed by atoms with Crippen LogP contribution in [0.4, 0.5) is 5.82 Å². The highest BCUT2D eigenvalue weighted by Gasteiger charge is 2.31. The molecule has 0 radical (unpaired) electrons. The minimum atomic E-state index is -0.572. The second-order valence-corrected chi connectivity index (χ2v) is 6.81. The predicted molar refractivity (Wildman–Crippen MR) is 93.4 cm³/mol. The lowest BCUT2D eigenvalue weighted by atomic mass is 9.91. The fourth-order valence-electron chi connectivity index (χ4n) is 3.72. The van der Waals surface area contributed by atoms with Crippen LogP contribution in [0.5, 0.6) is 0 Å². The minimum Gasteiger partial charge on any atom is -0.385 e. The van der Waals surface area contributed by atoms with Gasteiger partial charge in [-0.15, -0.1) is 0 Å². The molecule has 1 aliphatic rings. The number of hydrogen-bond donors (Lipinski definition) is 1. The van der Waals surface area contributed by atoms with Crippen molar-refractivity contribution in [3.8, 4) is 0 Å². The number of nitrogens with zero attached hydrogens (tertiary/aromatic N) is 7. The molecule has 3 aromatic heterocycles. The lowest BCUT2D eigenvalue weighted by molar-refractivity contribution is 0.0873. The summed E-state index contributed by atoms with van der Waals surface area (Å²) in [5.41, 5.74) is 2.06. The zero-order valence-corrected chi connectivity index (χ0v) is 14.8. The van der Waals surface area contributed by atoms with E-state index in [9.17, 15) is 5.11 Å². The Hall–Kier alpha value is -2.48. The molecular weight excluding hydrogens is 318 g/mol. The number of fused-ring (bicyclic) bond motifs is 1. The van der Waals surface area contributed by atoms with Gasteiger partial charge in [0.2, 0.25) is 0 Å². The number of rotatable bonds is 3. The molecular formula is C17H23N7O. The highest BCUT2D eigenvalue weighted by Crippen LogP contribution is 2.32. The summed E-state index contributed by atoms with van der Waals surface area (Å²) < 4.78 is 3.69. The van der Waals surface area contributed by atoms with Crippen molar-refractivity contribution in [3.63, 3.8) is 0 Å². The van der Waals surface area contributed by atoms with Crippen LogP contribution in [-0.2, 0) is 7.05 Å². The van der Waals surface area contributed by atoms with Gasteiger partial charge in [0.05, 0.1) is 0 Å². The molecule has 25 heavy (non-hydrogen) atoms. The maximum absolute atomic E-state index is 10.8. The number of imidazole rings is 1. The fraction of sp³-hybridized carbons (Fsp3) is 0.529. The number of aliphatic hydroxyl groups excluding tert-OH is 1. The van der Waals surface area contributed by atoms with Crippen molar-refractivity contribution >= 4 is 11.6 Å². The third-order valence-electron chi connectivity index (χ3n) is 5.20. The molecule has 0 amide bonds. The molecule has 0 saturated carbocycles. The fourth-order valence-corrected chi connectivity index (χ4v) is 3.72. The Morgan fingerprint density at radius 1 is 1.28 bits per heavy atom. The van der Waals surface area contributed by atoms with Gasteiger partial charge >= 0.3 is 0 Å². The van der Waals surface area contributed by atoms with Crippen molar-refractivity contribution in [2.75, 3.05) is 18.0 Å². The van der Waals surface area contributed by atoms with Crippen molar-refractivity contribution in [2.45, 2.75) is 32.8 Å². The van der Waals surface area contributed by atoms with Crippen LogP contribution in [0.15, 0.2) is 18.7 Å². The average molecular weight is 341 g/mol. The van der Waals surface area contributed by atoms with E-state index >= 15 is 0 Å². The molecule has 1 aliphatic heterocycles. The van der Waals surface area contributed by atoms with Crippen LogP contribution >= 0.6 is 0 Å². The van der Waals surface area contributed by atoms with Crippen LogP contribution in [0.2, 0.25) is 0 Å².